The van der Waals surface area contributed by atoms with Gasteiger partial charge in [0.2, 0.25) is 0 Å². The molecule has 0 amide bonds. The first-order chi connectivity index (χ1) is 14.9. The van der Waals surface area contributed by atoms with E-state index in [1.807, 2.05) is 18.3 Å². The molecule has 4 N–H and O–H groups in total. The molecule has 1 fully saturated rings. The Bertz CT molecular complexity index is 668. The summed E-state index contributed by atoms with van der Waals surface area (Å²) < 4.78 is 0. The van der Waals surface area contributed by atoms with Gasteiger partial charge in [-0.05, 0) is 62.3 Å². The standard InChI is InChI=1S/C24H38N6.BrH/c1-2-13-29-24(5-1)20-28-19-22-6-8-23(9-7-22)21-30-17-4-12-26-15-14-25-10-3-11-27-16-18-30;/h1-2,5-9,13,25-28H,3-4,10-12,14-21H2;1H. The predicted octanol–water partition coefficient (Wildman–Crippen LogP) is 2.31. The molecule has 0 atom stereocenters. The van der Waals surface area contributed by atoms with E-state index in [2.05, 4.69) is 61.5 Å². The van der Waals surface area contributed by atoms with Gasteiger partial charge < -0.3 is 21.3 Å². The van der Waals surface area contributed by atoms with Crippen LogP contribution in [0, 0.1) is 0 Å². The Morgan fingerprint density at radius 3 is 2.19 bits per heavy atom. The largest absolute Gasteiger partial charge is 0.315 e. The van der Waals surface area contributed by atoms with E-state index in [0.717, 1.165) is 77.7 Å². The fourth-order valence-corrected chi connectivity index (χ4v) is 3.68. The molecule has 0 spiro atoms. The third-order valence-corrected chi connectivity index (χ3v) is 5.41. The molecule has 7 heteroatoms. The van der Waals surface area contributed by atoms with Gasteiger partial charge in [0, 0.05) is 52.0 Å². The molecule has 2 heterocycles. The molecule has 3 rings (SSSR count). The smallest absolute Gasteiger partial charge is 0.0541 e. The number of pyridine rings is 1. The van der Waals surface area contributed by atoms with Gasteiger partial charge in [0.05, 0.1) is 5.69 Å². The molecule has 1 aromatic heterocycles. The van der Waals surface area contributed by atoms with Crippen LogP contribution >= 0.6 is 17.0 Å². The molecule has 2 aromatic rings. The average molecular weight is 492 g/mol. The molecule has 0 saturated carbocycles. The SMILES string of the molecule is Br.c1ccc(CNCc2ccc(CN3CCCNCCNCCCNCC3)cc2)nc1. The third-order valence-electron chi connectivity index (χ3n) is 5.41. The van der Waals surface area contributed by atoms with E-state index in [-0.39, 0.29) is 17.0 Å². The molecule has 1 aromatic carbocycles. The van der Waals surface area contributed by atoms with Gasteiger partial charge in [-0.1, -0.05) is 30.3 Å². The van der Waals surface area contributed by atoms with Crippen molar-refractivity contribution in [1.82, 2.24) is 31.2 Å². The van der Waals surface area contributed by atoms with Crippen molar-refractivity contribution in [3.63, 3.8) is 0 Å². The van der Waals surface area contributed by atoms with Crippen LogP contribution in [0.2, 0.25) is 0 Å². The normalized spacial score (nSPS) is 17.4. The number of nitrogens with zero attached hydrogens (tertiary/aromatic N) is 2. The Hall–Kier alpha value is -1.35. The Balaban J connectivity index is 0.00000341. The van der Waals surface area contributed by atoms with Crippen LogP contribution in [-0.2, 0) is 19.6 Å². The second-order valence-corrected chi connectivity index (χ2v) is 7.97. The van der Waals surface area contributed by atoms with Gasteiger partial charge in [-0.25, -0.2) is 0 Å². The van der Waals surface area contributed by atoms with Crippen molar-refractivity contribution in [3.05, 3.63) is 65.5 Å². The fourth-order valence-electron chi connectivity index (χ4n) is 3.68. The molecule has 6 nitrogen and oxygen atoms in total. The monoisotopic (exact) mass is 490 g/mol. The number of halogens is 1. The fraction of sp³-hybridized carbons (Fsp3) is 0.542. The highest BCUT2D eigenvalue weighted by Gasteiger charge is 2.07. The molecule has 172 valence electrons. The molecule has 1 saturated heterocycles. The highest BCUT2D eigenvalue weighted by molar-refractivity contribution is 8.93. The van der Waals surface area contributed by atoms with Gasteiger partial charge in [0.25, 0.3) is 0 Å². The lowest BCUT2D eigenvalue weighted by atomic mass is 10.1. The zero-order valence-corrected chi connectivity index (χ0v) is 20.3. The Kier molecular flexibility index (Phi) is 13.6. The maximum Gasteiger partial charge on any atom is 0.0541 e. The van der Waals surface area contributed by atoms with Gasteiger partial charge in [0.1, 0.15) is 0 Å². The minimum Gasteiger partial charge on any atom is -0.315 e. The van der Waals surface area contributed by atoms with Crippen molar-refractivity contribution in [2.75, 3.05) is 52.4 Å². The minimum atomic E-state index is 0. The van der Waals surface area contributed by atoms with Crippen molar-refractivity contribution < 1.29 is 0 Å². The Morgan fingerprint density at radius 2 is 1.45 bits per heavy atom. The predicted molar refractivity (Wildman–Crippen MR) is 135 cm³/mol. The highest BCUT2D eigenvalue weighted by atomic mass is 79.9. The number of hydrogen-bond donors (Lipinski definition) is 4. The molecule has 31 heavy (non-hydrogen) atoms. The van der Waals surface area contributed by atoms with Crippen LogP contribution in [0.25, 0.3) is 0 Å². The van der Waals surface area contributed by atoms with Crippen LogP contribution in [0.5, 0.6) is 0 Å². The lowest BCUT2D eigenvalue weighted by Gasteiger charge is -2.23. The number of hydrogen-bond acceptors (Lipinski definition) is 6. The van der Waals surface area contributed by atoms with Crippen molar-refractivity contribution in [3.8, 4) is 0 Å². The van der Waals surface area contributed by atoms with Crippen LogP contribution < -0.4 is 21.3 Å². The van der Waals surface area contributed by atoms with E-state index in [1.165, 1.54) is 24.0 Å². The molecular weight excluding hydrogens is 452 g/mol. The third kappa shape index (κ3) is 11.2. The summed E-state index contributed by atoms with van der Waals surface area (Å²) in [7, 11) is 0. The first-order valence-electron chi connectivity index (χ1n) is 11.4. The number of rotatable bonds is 6. The van der Waals surface area contributed by atoms with Crippen LogP contribution in [0.1, 0.15) is 29.7 Å². The lowest BCUT2D eigenvalue weighted by molar-refractivity contribution is 0.260. The summed E-state index contributed by atoms with van der Waals surface area (Å²) in [6, 6.07) is 15.1. The number of nitrogens with one attached hydrogen (secondary N) is 4. The van der Waals surface area contributed by atoms with Crippen LogP contribution in [-0.4, -0.2) is 62.2 Å². The summed E-state index contributed by atoms with van der Waals surface area (Å²) in [6.07, 6.45) is 4.22. The molecular formula is C24H39BrN6. The van der Waals surface area contributed by atoms with E-state index < -0.39 is 0 Å². The molecule has 1 aliphatic rings. The van der Waals surface area contributed by atoms with Gasteiger partial charge >= 0.3 is 0 Å². The summed E-state index contributed by atoms with van der Waals surface area (Å²) in [6.45, 7) is 11.4. The molecule has 1 aliphatic heterocycles. The Morgan fingerprint density at radius 1 is 0.742 bits per heavy atom. The maximum absolute atomic E-state index is 4.36. The van der Waals surface area contributed by atoms with Crippen molar-refractivity contribution in [1.29, 1.82) is 0 Å². The summed E-state index contributed by atoms with van der Waals surface area (Å²) in [5.41, 5.74) is 3.78. The van der Waals surface area contributed by atoms with E-state index in [9.17, 15) is 0 Å². The van der Waals surface area contributed by atoms with Crippen LogP contribution in [0.15, 0.2) is 48.7 Å². The van der Waals surface area contributed by atoms with Crippen LogP contribution in [0.3, 0.4) is 0 Å². The minimum absolute atomic E-state index is 0. The van der Waals surface area contributed by atoms with Gasteiger partial charge in [0.15, 0.2) is 0 Å². The summed E-state index contributed by atoms with van der Waals surface area (Å²) in [5.74, 6) is 0. The van der Waals surface area contributed by atoms with Crippen LogP contribution in [0.4, 0.5) is 0 Å². The maximum atomic E-state index is 4.36. The Labute approximate surface area is 198 Å². The van der Waals surface area contributed by atoms with E-state index in [4.69, 9.17) is 0 Å². The first kappa shape index (κ1) is 25.9. The number of benzene rings is 1. The second kappa shape index (κ2) is 16.3. The van der Waals surface area contributed by atoms with Gasteiger partial charge in [-0.2, -0.15) is 0 Å². The first-order valence-corrected chi connectivity index (χ1v) is 11.4. The summed E-state index contributed by atoms with van der Waals surface area (Å²) in [4.78, 5) is 6.93. The van der Waals surface area contributed by atoms with E-state index in [1.54, 1.807) is 0 Å². The highest BCUT2D eigenvalue weighted by Crippen LogP contribution is 2.08. The van der Waals surface area contributed by atoms with Crippen molar-refractivity contribution in [2.24, 2.45) is 0 Å². The molecule has 0 aliphatic carbocycles. The van der Waals surface area contributed by atoms with Crippen molar-refractivity contribution >= 4 is 17.0 Å². The summed E-state index contributed by atoms with van der Waals surface area (Å²) in [5, 5.41) is 14.1. The average Bonchev–Trinajstić information content (AvgIpc) is 2.78. The zero-order chi connectivity index (χ0) is 20.7. The molecule has 0 bridgehead atoms. The van der Waals surface area contributed by atoms with Crippen molar-refractivity contribution in [2.45, 2.75) is 32.5 Å². The van der Waals surface area contributed by atoms with Gasteiger partial charge in [-0.15, -0.1) is 17.0 Å². The van der Waals surface area contributed by atoms with E-state index >= 15 is 0 Å². The van der Waals surface area contributed by atoms with E-state index in [0.29, 0.717) is 0 Å². The second-order valence-electron chi connectivity index (χ2n) is 7.97. The molecule has 0 unspecified atom stereocenters. The van der Waals surface area contributed by atoms with Gasteiger partial charge in [-0.3, -0.25) is 9.88 Å². The summed E-state index contributed by atoms with van der Waals surface area (Å²) >= 11 is 0. The molecule has 0 radical (unpaired) electrons. The zero-order valence-electron chi connectivity index (χ0n) is 18.6. The number of aromatic nitrogens is 1. The lowest BCUT2D eigenvalue weighted by Crippen LogP contribution is -2.36. The quantitative estimate of drug-likeness (QED) is 0.498. The topological polar surface area (TPSA) is 64.2 Å².